The molecule has 15 heavy (non-hydrogen) atoms. The van der Waals surface area contributed by atoms with Gasteiger partial charge in [0.1, 0.15) is 0 Å². The molecule has 2 N–H and O–H groups in total. The van der Waals surface area contributed by atoms with Gasteiger partial charge in [0.25, 0.3) is 0 Å². The van der Waals surface area contributed by atoms with Crippen LogP contribution in [0.15, 0.2) is 0 Å². The highest BCUT2D eigenvalue weighted by molar-refractivity contribution is 4.86. The number of hydrogen-bond donors (Lipinski definition) is 1. The van der Waals surface area contributed by atoms with Gasteiger partial charge in [0.2, 0.25) is 0 Å². The van der Waals surface area contributed by atoms with E-state index in [0.29, 0.717) is 19.8 Å². The summed E-state index contributed by atoms with van der Waals surface area (Å²) in [6, 6.07) is 0. The predicted molar refractivity (Wildman–Crippen MR) is 61.9 cm³/mol. The normalized spacial score (nSPS) is 20.4. The Morgan fingerprint density at radius 3 is 2.33 bits per heavy atom. The van der Waals surface area contributed by atoms with Gasteiger partial charge in [-0.25, -0.2) is 0 Å². The number of nitrogens with two attached hydrogens (primary N) is 1. The first-order valence-electron chi connectivity index (χ1n) is 6.21. The Morgan fingerprint density at radius 2 is 1.67 bits per heavy atom. The van der Waals surface area contributed by atoms with E-state index in [1.165, 1.54) is 19.3 Å². The van der Waals surface area contributed by atoms with Crippen LogP contribution in [0.3, 0.4) is 0 Å². The third-order valence-corrected chi connectivity index (χ3v) is 2.96. The number of ether oxygens (including phenoxy) is 2. The minimum absolute atomic E-state index is 0.0526. The summed E-state index contributed by atoms with van der Waals surface area (Å²) in [7, 11) is 0. The van der Waals surface area contributed by atoms with Crippen molar-refractivity contribution in [3.8, 4) is 0 Å². The Balaban J connectivity index is 1.98. The summed E-state index contributed by atoms with van der Waals surface area (Å²) in [5.74, 6) is 0. The standard InChI is InChI=1S/C12H25NO2/c1-2-8-14-9-10-15-11-12(13)6-4-3-5-7-12/h2-11,13H2,1H3. The van der Waals surface area contributed by atoms with Gasteiger partial charge in [0.05, 0.1) is 19.8 Å². The molecule has 0 aromatic heterocycles. The van der Waals surface area contributed by atoms with Crippen molar-refractivity contribution in [2.45, 2.75) is 51.0 Å². The molecule has 90 valence electrons. The van der Waals surface area contributed by atoms with Crippen LogP contribution in [0.4, 0.5) is 0 Å². The predicted octanol–water partition coefficient (Wildman–Crippen LogP) is 2.09. The van der Waals surface area contributed by atoms with Crippen LogP contribution in [-0.4, -0.2) is 32.0 Å². The van der Waals surface area contributed by atoms with Gasteiger partial charge in [0, 0.05) is 12.1 Å². The molecular weight excluding hydrogens is 190 g/mol. The molecule has 0 unspecified atom stereocenters. The molecule has 0 radical (unpaired) electrons. The molecule has 1 aliphatic rings. The second kappa shape index (κ2) is 7.20. The van der Waals surface area contributed by atoms with E-state index in [-0.39, 0.29) is 5.54 Å². The van der Waals surface area contributed by atoms with E-state index in [1.807, 2.05) is 0 Å². The van der Waals surface area contributed by atoms with E-state index < -0.39 is 0 Å². The zero-order valence-electron chi connectivity index (χ0n) is 9.96. The molecule has 1 aliphatic carbocycles. The Kier molecular flexibility index (Phi) is 6.22. The van der Waals surface area contributed by atoms with Gasteiger partial charge in [-0.15, -0.1) is 0 Å². The zero-order valence-corrected chi connectivity index (χ0v) is 9.96. The monoisotopic (exact) mass is 215 g/mol. The van der Waals surface area contributed by atoms with Crippen molar-refractivity contribution < 1.29 is 9.47 Å². The maximum absolute atomic E-state index is 6.23. The fraction of sp³-hybridized carbons (Fsp3) is 1.00. The second-order valence-corrected chi connectivity index (χ2v) is 4.59. The topological polar surface area (TPSA) is 44.5 Å². The molecule has 0 aromatic rings. The minimum Gasteiger partial charge on any atom is -0.379 e. The van der Waals surface area contributed by atoms with Gasteiger partial charge in [0.15, 0.2) is 0 Å². The van der Waals surface area contributed by atoms with Crippen LogP contribution in [0.1, 0.15) is 45.4 Å². The SMILES string of the molecule is CCCOCCOCC1(N)CCCCC1. The third-order valence-electron chi connectivity index (χ3n) is 2.96. The van der Waals surface area contributed by atoms with Crippen molar-refractivity contribution in [3.05, 3.63) is 0 Å². The van der Waals surface area contributed by atoms with Gasteiger partial charge in [-0.1, -0.05) is 26.2 Å². The third kappa shape index (κ3) is 5.50. The van der Waals surface area contributed by atoms with Gasteiger partial charge >= 0.3 is 0 Å². The molecular formula is C12H25NO2. The second-order valence-electron chi connectivity index (χ2n) is 4.59. The molecule has 1 rings (SSSR count). The van der Waals surface area contributed by atoms with Crippen molar-refractivity contribution in [1.82, 2.24) is 0 Å². The minimum atomic E-state index is -0.0526. The molecule has 3 heteroatoms. The van der Waals surface area contributed by atoms with E-state index in [9.17, 15) is 0 Å². The lowest BCUT2D eigenvalue weighted by atomic mass is 9.83. The summed E-state index contributed by atoms with van der Waals surface area (Å²) < 4.78 is 10.9. The van der Waals surface area contributed by atoms with E-state index in [1.54, 1.807) is 0 Å². The summed E-state index contributed by atoms with van der Waals surface area (Å²) in [5.41, 5.74) is 6.18. The molecule has 0 amide bonds. The molecule has 0 spiro atoms. The number of hydrogen-bond acceptors (Lipinski definition) is 3. The van der Waals surface area contributed by atoms with Crippen LogP contribution >= 0.6 is 0 Å². The molecule has 0 saturated heterocycles. The van der Waals surface area contributed by atoms with Crippen molar-refractivity contribution in [1.29, 1.82) is 0 Å². The van der Waals surface area contributed by atoms with Gasteiger partial charge in [-0.3, -0.25) is 0 Å². The van der Waals surface area contributed by atoms with Crippen molar-refractivity contribution >= 4 is 0 Å². The highest BCUT2D eigenvalue weighted by Gasteiger charge is 2.27. The van der Waals surface area contributed by atoms with Gasteiger partial charge < -0.3 is 15.2 Å². The molecule has 1 fully saturated rings. The Morgan fingerprint density at radius 1 is 1.00 bits per heavy atom. The first-order chi connectivity index (χ1) is 7.27. The lowest BCUT2D eigenvalue weighted by Gasteiger charge is -2.32. The van der Waals surface area contributed by atoms with Gasteiger partial charge in [-0.2, -0.15) is 0 Å². The molecule has 1 saturated carbocycles. The molecule has 0 bridgehead atoms. The maximum atomic E-state index is 6.23. The zero-order chi connectivity index (χ0) is 11.0. The van der Waals surface area contributed by atoms with Crippen molar-refractivity contribution in [2.24, 2.45) is 5.73 Å². The first kappa shape index (κ1) is 12.9. The Bertz CT molecular complexity index is 156. The Labute approximate surface area is 93.3 Å². The van der Waals surface area contributed by atoms with Crippen LogP contribution < -0.4 is 5.73 Å². The Hall–Kier alpha value is -0.120. The smallest absolute Gasteiger partial charge is 0.0701 e. The first-order valence-corrected chi connectivity index (χ1v) is 6.21. The lowest BCUT2D eigenvalue weighted by Crippen LogP contribution is -2.46. The average molecular weight is 215 g/mol. The lowest BCUT2D eigenvalue weighted by molar-refractivity contribution is 0.0197. The average Bonchev–Trinajstić information content (AvgIpc) is 2.24. The molecule has 0 aliphatic heterocycles. The summed E-state index contributed by atoms with van der Waals surface area (Å²) >= 11 is 0. The fourth-order valence-electron chi connectivity index (χ4n) is 2.04. The summed E-state index contributed by atoms with van der Waals surface area (Å²) in [6.07, 6.45) is 7.14. The maximum Gasteiger partial charge on any atom is 0.0701 e. The van der Waals surface area contributed by atoms with Crippen LogP contribution in [0.25, 0.3) is 0 Å². The highest BCUT2D eigenvalue weighted by Crippen LogP contribution is 2.25. The molecule has 0 heterocycles. The largest absolute Gasteiger partial charge is 0.379 e. The van der Waals surface area contributed by atoms with Crippen LogP contribution in [0, 0.1) is 0 Å². The van der Waals surface area contributed by atoms with E-state index in [0.717, 1.165) is 25.9 Å². The van der Waals surface area contributed by atoms with Crippen LogP contribution in [0.5, 0.6) is 0 Å². The molecule has 0 atom stereocenters. The van der Waals surface area contributed by atoms with E-state index >= 15 is 0 Å². The summed E-state index contributed by atoms with van der Waals surface area (Å²) in [5, 5.41) is 0. The van der Waals surface area contributed by atoms with E-state index in [2.05, 4.69) is 6.92 Å². The fourth-order valence-corrected chi connectivity index (χ4v) is 2.04. The molecule has 0 aromatic carbocycles. The number of rotatable bonds is 7. The van der Waals surface area contributed by atoms with Crippen molar-refractivity contribution in [2.75, 3.05) is 26.4 Å². The van der Waals surface area contributed by atoms with Crippen LogP contribution in [-0.2, 0) is 9.47 Å². The summed E-state index contributed by atoms with van der Waals surface area (Å²) in [6.45, 7) is 5.01. The van der Waals surface area contributed by atoms with Crippen LogP contribution in [0.2, 0.25) is 0 Å². The van der Waals surface area contributed by atoms with Gasteiger partial charge in [-0.05, 0) is 19.3 Å². The van der Waals surface area contributed by atoms with E-state index in [4.69, 9.17) is 15.2 Å². The highest BCUT2D eigenvalue weighted by atomic mass is 16.5. The van der Waals surface area contributed by atoms with Crippen molar-refractivity contribution in [3.63, 3.8) is 0 Å². The summed E-state index contributed by atoms with van der Waals surface area (Å²) in [4.78, 5) is 0. The quantitative estimate of drug-likeness (QED) is 0.661. The molecule has 3 nitrogen and oxygen atoms in total.